The van der Waals surface area contributed by atoms with Crippen LogP contribution in [0.3, 0.4) is 0 Å². The largest absolute Gasteiger partial charge is 0.416 e. The van der Waals surface area contributed by atoms with Crippen LogP contribution in [0, 0.1) is 5.92 Å². The summed E-state index contributed by atoms with van der Waals surface area (Å²) in [4.78, 5) is 29.9. The lowest BCUT2D eigenvalue weighted by Crippen LogP contribution is -2.36. The molecule has 26 heavy (non-hydrogen) atoms. The van der Waals surface area contributed by atoms with Crippen molar-refractivity contribution >= 4 is 17.5 Å². The number of aromatic nitrogens is 1. The molecule has 0 bridgehead atoms. The zero-order valence-electron chi connectivity index (χ0n) is 13.7. The second-order valence-corrected chi connectivity index (χ2v) is 5.95. The molecule has 0 spiro atoms. The first-order chi connectivity index (χ1) is 12.4. The minimum atomic E-state index is -4.49. The van der Waals surface area contributed by atoms with Crippen molar-refractivity contribution in [2.45, 2.75) is 19.1 Å². The van der Waals surface area contributed by atoms with Gasteiger partial charge in [-0.1, -0.05) is 6.07 Å². The maximum absolute atomic E-state index is 12.8. The molecule has 1 saturated heterocycles. The lowest BCUT2D eigenvalue weighted by atomic mass is 10.1. The van der Waals surface area contributed by atoms with Crippen molar-refractivity contribution in [1.82, 2.24) is 10.3 Å². The standard InChI is InChI=1S/C18H16F3N3O2/c19-18(20,21)13-2-1-3-14(10-13)24-9-6-15(17(24)26)16(25)23-11-12-4-7-22-8-5-12/h1-5,7-8,10,15H,6,9,11H2,(H,23,25). The van der Waals surface area contributed by atoms with Crippen LogP contribution < -0.4 is 10.2 Å². The van der Waals surface area contributed by atoms with E-state index in [1.54, 1.807) is 24.5 Å². The van der Waals surface area contributed by atoms with Crippen molar-refractivity contribution in [3.05, 3.63) is 59.9 Å². The van der Waals surface area contributed by atoms with Crippen LogP contribution in [0.4, 0.5) is 18.9 Å². The molecule has 1 unspecified atom stereocenters. The number of nitrogens with zero attached hydrogens (tertiary/aromatic N) is 2. The van der Waals surface area contributed by atoms with Crippen molar-refractivity contribution in [3.8, 4) is 0 Å². The normalized spacial score (nSPS) is 17.4. The van der Waals surface area contributed by atoms with E-state index in [2.05, 4.69) is 10.3 Å². The van der Waals surface area contributed by atoms with Crippen LogP contribution in [-0.2, 0) is 22.3 Å². The molecular formula is C18H16F3N3O2. The predicted octanol–water partition coefficient (Wildman–Crippen LogP) is 2.77. The molecule has 2 heterocycles. The van der Waals surface area contributed by atoms with Gasteiger partial charge in [-0.05, 0) is 42.3 Å². The third-order valence-corrected chi connectivity index (χ3v) is 4.22. The summed E-state index contributed by atoms with van der Waals surface area (Å²) in [6.45, 7) is 0.460. The van der Waals surface area contributed by atoms with Gasteiger partial charge in [-0.15, -0.1) is 0 Å². The third kappa shape index (κ3) is 3.84. The first kappa shape index (κ1) is 17.9. The van der Waals surface area contributed by atoms with Gasteiger partial charge >= 0.3 is 6.18 Å². The van der Waals surface area contributed by atoms with Gasteiger partial charge < -0.3 is 10.2 Å². The van der Waals surface area contributed by atoms with Crippen LogP contribution in [0.25, 0.3) is 0 Å². The second kappa shape index (κ2) is 7.15. The van der Waals surface area contributed by atoms with E-state index in [9.17, 15) is 22.8 Å². The summed E-state index contributed by atoms with van der Waals surface area (Å²) in [7, 11) is 0. The van der Waals surface area contributed by atoms with Crippen molar-refractivity contribution in [2.24, 2.45) is 5.92 Å². The number of carbonyl (C=O) groups excluding carboxylic acids is 2. The molecule has 3 rings (SSSR count). The number of carbonyl (C=O) groups is 2. The molecule has 136 valence electrons. The molecule has 0 radical (unpaired) electrons. The summed E-state index contributed by atoms with van der Waals surface area (Å²) in [6, 6.07) is 8.04. The molecule has 2 amide bonds. The molecule has 5 nitrogen and oxygen atoms in total. The maximum Gasteiger partial charge on any atom is 0.416 e. The SMILES string of the molecule is O=C(NCc1ccncc1)C1CCN(c2cccc(C(F)(F)F)c2)C1=O. The number of halogens is 3. The predicted molar refractivity (Wildman–Crippen MR) is 88.0 cm³/mol. The quantitative estimate of drug-likeness (QED) is 0.850. The first-order valence-corrected chi connectivity index (χ1v) is 8.01. The lowest BCUT2D eigenvalue weighted by Gasteiger charge is -2.18. The Kier molecular flexibility index (Phi) is 4.92. The van der Waals surface area contributed by atoms with Gasteiger partial charge in [0, 0.05) is 31.2 Å². The number of anilines is 1. The molecule has 1 N–H and O–H groups in total. The highest BCUT2D eigenvalue weighted by atomic mass is 19.4. The molecule has 8 heteroatoms. The number of hydrogen-bond donors (Lipinski definition) is 1. The zero-order valence-corrected chi connectivity index (χ0v) is 13.7. The number of nitrogens with one attached hydrogen (secondary N) is 1. The van der Waals surface area contributed by atoms with Gasteiger partial charge in [0.2, 0.25) is 11.8 Å². The monoisotopic (exact) mass is 363 g/mol. The average molecular weight is 363 g/mol. The summed E-state index contributed by atoms with van der Waals surface area (Å²) in [5, 5.41) is 2.68. The van der Waals surface area contributed by atoms with Crippen LogP contribution in [0.15, 0.2) is 48.8 Å². The number of hydrogen-bond acceptors (Lipinski definition) is 3. The topological polar surface area (TPSA) is 62.3 Å². The molecule has 1 aromatic carbocycles. The summed E-state index contributed by atoms with van der Waals surface area (Å²) in [6.07, 6.45) is -1.04. The van der Waals surface area contributed by atoms with Gasteiger partial charge in [0.15, 0.2) is 0 Å². The Morgan fingerprint density at radius 2 is 1.96 bits per heavy atom. The maximum atomic E-state index is 12.8. The van der Waals surface area contributed by atoms with Gasteiger partial charge in [-0.2, -0.15) is 13.2 Å². The summed E-state index contributed by atoms with van der Waals surface area (Å²) >= 11 is 0. The summed E-state index contributed by atoms with van der Waals surface area (Å²) in [5.74, 6) is -1.82. The molecule has 1 aliphatic rings. The van der Waals surface area contributed by atoms with E-state index < -0.39 is 29.5 Å². The Bertz CT molecular complexity index is 809. The molecule has 1 fully saturated rings. The van der Waals surface area contributed by atoms with Crippen molar-refractivity contribution in [3.63, 3.8) is 0 Å². The van der Waals surface area contributed by atoms with Gasteiger partial charge in [0.1, 0.15) is 5.92 Å². The minimum absolute atomic E-state index is 0.147. The Hall–Kier alpha value is -2.90. The van der Waals surface area contributed by atoms with E-state index in [-0.39, 0.29) is 25.2 Å². The fourth-order valence-electron chi connectivity index (χ4n) is 2.84. The fourth-order valence-corrected chi connectivity index (χ4v) is 2.84. The Labute approximate surface area is 147 Å². The second-order valence-electron chi connectivity index (χ2n) is 5.95. The highest BCUT2D eigenvalue weighted by molar-refractivity contribution is 6.09. The Morgan fingerprint density at radius 1 is 1.23 bits per heavy atom. The molecule has 1 aliphatic heterocycles. The summed E-state index contributed by atoms with van der Waals surface area (Å²) in [5.41, 5.74) is 0.163. The third-order valence-electron chi connectivity index (χ3n) is 4.22. The van der Waals surface area contributed by atoms with Crippen molar-refractivity contribution in [2.75, 3.05) is 11.4 Å². The lowest BCUT2D eigenvalue weighted by molar-refractivity contribution is -0.138. The number of benzene rings is 1. The van der Waals surface area contributed by atoms with Crippen molar-refractivity contribution < 1.29 is 22.8 Å². The summed E-state index contributed by atoms with van der Waals surface area (Å²) < 4.78 is 38.5. The van der Waals surface area contributed by atoms with Crippen molar-refractivity contribution in [1.29, 1.82) is 0 Å². The van der Waals surface area contributed by atoms with Crippen LogP contribution in [0.2, 0.25) is 0 Å². The number of amides is 2. The Balaban J connectivity index is 1.67. The van der Waals surface area contributed by atoms with E-state index in [0.29, 0.717) is 0 Å². The smallest absolute Gasteiger partial charge is 0.351 e. The van der Waals surface area contributed by atoms with E-state index in [1.165, 1.54) is 17.0 Å². The first-order valence-electron chi connectivity index (χ1n) is 8.01. The highest BCUT2D eigenvalue weighted by Gasteiger charge is 2.38. The molecule has 0 aliphatic carbocycles. The van der Waals surface area contributed by atoms with Gasteiger partial charge in [-0.3, -0.25) is 14.6 Å². The Morgan fingerprint density at radius 3 is 2.65 bits per heavy atom. The van der Waals surface area contributed by atoms with E-state index >= 15 is 0 Å². The van der Waals surface area contributed by atoms with Crippen LogP contribution in [-0.4, -0.2) is 23.3 Å². The minimum Gasteiger partial charge on any atom is -0.351 e. The molecule has 1 aromatic heterocycles. The zero-order chi connectivity index (χ0) is 18.7. The number of rotatable bonds is 4. The number of alkyl halides is 3. The van der Waals surface area contributed by atoms with Crippen LogP contribution >= 0.6 is 0 Å². The van der Waals surface area contributed by atoms with E-state index in [4.69, 9.17) is 0 Å². The molecule has 1 atom stereocenters. The molecule has 0 saturated carbocycles. The average Bonchev–Trinajstić information content (AvgIpc) is 3.01. The van der Waals surface area contributed by atoms with Gasteiger partial charge in [-0.25, -0.2) is 0 Å². The van der Waals surface area contributed by atoms with Crippen LogP contribution in [0.1, 0.15) is 17.5 Å². The highest BCUT2D eigenvalue weighted by Crippen LogP contribution is 2.33. The number of pyridine rings is 1. The van der Waals surface area contributed by atoms with Gasteiger partial charge in [0.05, 0.1) is 5.56 Å². The molecular weight excluding hydrogens is 347 g/mol. The van der Waals surface area contributed by atoms with Gasteiger partial charge in [0.25, 0.3) is 0 Å². The molecule has 2 aromatic rings. The van der Waals surface area contributed by atoms with E-state index in [0.717, 1.165) is 17.7 Å². The van der Waals surface area contributed by atoms with E-state index in [1.807, 2.05) is 0 Å². The fraction of sp³-hybridized carbons (Fsp3) is 0.278. The van der Waals surface area contributed by atoms with Crippen LogP contribution in [0.5, 0.6) is 0 Å².